The summed E-state index contributed by atoms with van der Waals surface area (Å²) in [4.78, 5) is 16.9. The smallest absolute Gasteiger partial charge is 0.407 e. The number of hydrogen-bond acceptors (Lipinski definition) is 4. The molecule has 1 aromatic heterocycles. The standard InChI is InChI=1S/C22H25N3O3/c1-22(2,3)28-21(26)23-12-13-25-19-16-11-14-27-18(16)10-9-17(19)24-20(25)15-7-5-4-6-8-15/h4-10H,11-14H2,1-3H3,(H,23,26). The molecule has 0 fully saturated rings. The van der Waals surface area contributed by atoms with Gasteiger partial charge in [-0.05, 0) is 32.9 Å². The van der Waals surface area contributed by atoms with Gasteiger partial charge < -0.3 is 19.4 Å². The zero-order chi connectivity index (χ0) is 19.7. The maximum Gasteiger partial charge on any atom is 0.407 e. The van der Waals surface area contributed by atoms with Crippen LogP contribution in [-0.4, -0.2) is 34.4 Å². The third-order valence-corrected chi connectivity index (χ3v) is 4.62. The average molecular weight is 379 g/mol. The van der Waals surface area contributed by atoms with Gasteiger partial charge in [-0.1, -0.05) is 30.3 Å². The van der Waals surface area contributed by atoms with Gasteiger partial charge in [-0.25, -0.2) is 9.78 Å². The van der Waals surface area contributed by atoms with Crippen molar-refractivity contribution in [1.29, 1.82) is 0 Å². The normalized spacial score (nSPS) is 13.2. The number of nitrogens with zero attached hydrogens (tertiary/aromatic N) is 2. The number of nitrogens with one attached hydrogen (secondary N) is 1. The topological polar surface area (TPSA) is 65.4 Å². The van der Waals surface area contributed by atoms with E-state index in [1.54, 1.807) is 0 Å². The van der Waals surface area contributed by atoms with E-state index in [0.29, 0.717) is 19.7 Å². The Hall–Kier alpha value is -3.02. The Kier molecular flexibility index (Phi) is 4.71. The second-order valence-electron chi connectivity index (χ2n) is 7.89. The number of amides is 1. The van der Waals surface area contributed by atoms with Crippen molar-refractivity contribution in [3.8, 4) is 17.1 Å². The van der Waals surface area contributed by atoms with E-state index in [1.165, 1.54) is 5.56 Å². The molecule has 0 bridgehead atoms. The summed E-state index contributed by atoms with van der Waals surface area (Å²) >= 11 is 0. The van der Waals surface area contributed by atoms with Crippen LogP contribution in [-0.2, 0) is 17.7 Å². The van der Waals surface area contributed by atoms with Crippen LogP contribution in [0.2, 0.25) is 0 Å². The van der Waals surface area contributed by atoms with E-state index in [4.69, 9.17) is 14.5 Å². The molecule has 0 saturated carbocycles. The number of benzene rings is 2. The van der Waals surface area contributed by atoms with Gasteiger partial charge >= 0.3 is 6.09 Å². The number of fused-ring (bicyclic) bond motifs is 3. The number of ether oxygens (including phenoxy) is 2. The first-order valence-corrected chi connectivity index (χ1v) is 9.59. The van der Waals surface area contributed by atoms with Crippen molar-refractivity contribution >= 4 is 17.1 Å². The van der Waals surface area contributed by atoms with Gasteiger partial charge in [-0.2, -0.15) is 0 Å². The van der Waals surface area contributed by atoms with Crippen LogP contribution in [0.1, 0.15) is 26.3 Å². The van der Waals surface area contributed by atoms with Crippen molar-refractivity contribution in [3.05, 3.63) is 48.0 Å². The van der Waals surface area contributed by atoms with Gasteiger partial charge in [0.25, 0.3) is 0 Å². The monoisotopic (exact) mass is 379 g/mol. The Labute approximate surface area is 164 Å². The molecule has 6 nitrogen and oxygen atoms in total. The van der Waals surface area contributed by atoms with Crippen LogP contribution in [0.4, 0.5) is 4.79 Å². The summed E-state index contributed by atoms with van der Waals surface area (Å²) in [6, 6.07) is 14.1. The van der Waals surface area contributed by atoms with Gasteiger partial charge in [0.15, 0.2) is 0 Å². The Balaban J connectivity index is 1.67. The fraction of sp³-hybridized carbons (Fsp3) is 0.364. The summed E-state index contributed by atoms with van der Waals surface area (Å²) < 4.78 is 13.3. The van der Waals surface area contributed by atoms with E-state index >= 15 is 0 Å². The number of hydrogen-bond donors (Lipinski definition) is 1. The van der Waals surface area contributed by atoms with Crippen LogP contribution < -0.4 is 10.1 Å². The first kappa shape index (κ1) is 18.3. The Morgan fingerprint density at radius 2 is 2.00 bits per heavy atom. The quantitative estimate of drug-likeness (QED) is 0.739. The van der Waals surface area contributed by atoms with Gasteiger partial charge in [0, 0.05) is 30.6 Å². The van der Waals surface area contributed by atoms with Gasteiger partial charge in [0.05, 0.1) is 17.6 Å². The fourth-order valence-electron chi connectivity index (χ4n) is 3.53. The van der Waals surface area contributed by atoms with E-state index in [0.717, 1.165) is 34.6 Å². The van der Waals surface area contributed by atoms with Gasteiger partial charge in [-0.15, -0.1) is 0 Å². The summed E-state index contributed by atoms with van der Waals surface area (Å²) in [5, 5.41) is 2.85. The van der Waals surface area contributed by atoms with E-state index in [1.807, 2.05) is 51.1 Å². The van der Waals surface area contributed by atoms with E-state index in [2.05, 4.69) is 22.0 Å². The Bertz CT molecular complexity index is 1000. The second kappa shape index (κ2) is 7.19. The molecule has 1 aliphatic rings. The zero-order valence-corrected chi connectivity index (χ0v) is 16.5. The van der Waals surface area contributed by atoms with Crippen LogP contribution in [0.3, 0.4) is 0 Å². The molecule has 2 aromatic carbocycles. The lowest BCUT2D eigenvalue weighted by atomic mass is 10.1. The molecule has 4 rings (SSSR count). The SMILES string of the molecule is CC(C)(C)OC(=O)NCCn1c(-c2ccccc2)nc2ccc3c(c21)CCO3. The highest BCUT2D eigenvalue weighted by Crippen LogP contribution is 2.35. The third kappa shape index (κ3) is 3.67. The van der Waals surface area contributed by atoms with Crippen LogP contribution in [0.15, 0.2) is 42.5 Å². The molecule has 28 heavy (non-hydrogen) atoms. The van der Waals surface area contributed by atoms with E-state index < -0.39 is 11.7 Å². The molecule has 0 aliphatic carbocycles. The van der Waals surface area contributed by atoms with Crippen molar-refractivity contribution in [2.75, 3.05) is 13.2 Å². The molecule has 6 heteroatoms. The molecular formula is C22H25N3O3. The van der Waals surface area contributed by atoms with Crippen LogP contribution in [0.25, 0.3) is 22.4 Å². The zero-order valence-electron chi connectivity index (χ0n) is 16.5. The van der Waals surface area contributed by atoms with Crippen LogP contribution in [0, 0.1) is 0 Å². The van der Waals surface area contributed by atoms with Crippen molar-refractivity contribution in [3.63, 3.8) is 0 Å². The molecular weight excluding hydrogens is 354 g/mol. The largest absolute Gasteiger partial charge is 0.493 e. The van der Waals surface area contributed by atoms with Crippen molar-refractivity contribution in [1.82, 2.24) is 14.9 Å². The number of alkyl carbamates (subject to hydrolysis) is 1. The first-order valence-electron chi connectivity index (χ1n) is 9.59. The molecule has 1 amide bonds. The van der Waals surface area contributed by atoms with E-state index in [-0.39, 0.29) is 0 Å². The first-order chi connectivity index (χ1) is 13.4. The second-order valence-corrected chi connectivity index (χ2v) is 7.89. The minimum Gasteiger partial charge on any atom is -0.493 e. The molecule has 1 aliphatic heterocycles. The minimum atomic E-state index is -0.515. The maximum atomic E-state index is 12.0. The molecule has 0 atom stereocenters. The molecule has 0 radical (unpaired) electrons. The third-order valence-electron chi connectivity index (χ3n) is 4.62. The molecule has 0 unspecified atom stereocenters. The van der Waals surface area contributed by atoms with Crippen molar-refractivity contribution in [2.45, 2.75) is 39.3 Å². The molecule has 146 valence electrons. The molecule has 1 N–H and O–H groups in total. The summed E-state index contributed by atoms with van der Waals surface area (Å²) in [7, 11) is 0. The fourth-order valence-corrected chi connectivity index (χ4v) is 3.53. The van der Waals surface area contributed by atoms with Crippen LogP contribution >= 0.6 is 0 Å². The molecule has 0 spiro atoms. The van der Waals surface area contributed by atoms with Gasteiger partial charge in [0.1, 0.15) is 17.2 Å². The van der Waals surface area contributed by atoms with Gasteiger partial charge in [0.2, 0.25) is 0 Å². The Morgan fingerprint density at radius 1 is 1.21 bits per heavy atom. The number of rotatable bonds is 4. The average Bonchev–Trinajstić information content (AvgIpc) is 3.25. The lowest BCUT2D eigenvalue weighted by Gasteiger charge is -2.20. The van der Waals surface area contributed by atoms with Crippen molar-refractivity contribution in [2.24, 2.45) is 0 Å². The van der Waals surface area contributed by atoms with Crippen LogP contribution in [0.5, 0.6) is 5.75 Å². The maximum absolute atomic E-state index is 12.0. The lowest BCUT2D eigenvalue weighted by Crippen LogP contribution is -2.34. The highest BCUT2D eigenvalue weighted by atomic mass is 16.6. The number of carbonyl (C=O) groups is 1. The minimum absolute atomic E-state index is 0.410. The summed E-state index contributed by atoms with van der Waals surface area (Å²) in [6.45, 7) is 7.30. The number of aromatic nitrogens is 2. The number of carbonyl (C=O) groups excluding carboxylic acids is 1. The highest BCUT2D eigenvalue weighted by Gasteiger charge is 2.22. The summed E-state index contributed by atoms with van der Waals surface area (Å²) in [5.41, 5.74) is 3.74. The summed E-state index contributed by atoms with van der Waals surface area (Å²) in [5.74, 6) is 1.82. The highest BCUT2D eigenvalue weighted by molar-refractivity contribution is 5.86. The summed E-state index contributed by atoms with van der Waals surface area (Å²) in [6.07, 6.45) is 0.457. The predicted octanol–water partition coefficient (Wildman–Crippen LogP) is 4.16. The number of imidazole rings is 1. The Morgan fingerprint density at radius 3 is 2.75 bits per heavy atom. The van der Waals surface area contributed by atoms with Crippen molar-refractivity contribution < 1.29 is 14.3 Å². The predicted molar refractivity (Wildman–Crippen MR) is 109 cm³/mol. The molecule has 3 aromatic rings. The van der Waals surface area contributed by atoms with Gasteiger partial charge in [-0.3, -0.25) is 0 Å². The molecule has 0 saturated heterocycles. The lowest BCUT2D eigenvalue weighted by molar-refractivity contribution is 0.0526. The molecule has 2 heterocycles. The van der Waals surface area contributed by atoms with E-state index in [9.17, 15) is 4.79 Å².